The summed E-state index contributed by atoms with van der Waals surface area (Å²) in [5.74, 6) is 0. The first-order valence-corrected chi connectivity index (χ1v) is 5.48. The van der Waals surface area contributed by atoms with Gasteiger partial charge in [0.1, 0.15) is 0 Å². The molecule has 0 amide bonds. The number of rotatable bonds is 2. The third-order valence-corrected chi connectivity index (χ3v) is 2.35. The molecule has 0 aliphatic carbocycles. The second-order valence-electron chi connectivity index (χ2n) is 3.65. The minimum Gasteiger partial charge on any atom is -0.124 e. The van der Waals surface area contributed by atoms with Gasteiger partial charge in [0.2, 0.25) is 0 Å². The predicted octanol–water partition coefficient (Wildman–Crippen LogP) is 4.41. The van der Waals surface area contributed by atoms with Crippen LogP contribution in [0.25, 0.3) is 12.2 Å². The smallest absolute Gasteiger partial charge is 0.0256 e. The van der Waals surface area contributed by atoms with Gasteiger partial charge in [-0.25, -0.2) is 0 Å². The summed E-state index contributed by atoms with van der Waals surface area (Å²) in [6.07, 6.45) is 12.3. The Labute approximate surface area is 104 Å². The van der Waals surface area contributed by atoms with Gasteiger partial charge in [-0.05, 0) is 18.1 Å². The van der Waals surface area contributed by atoms with Crippen LogP contribution in [0.2, 0.25) is 0 Å². The van der Waals surface area contributed by atoms with E-state index >= 15 is 0 Å². The minimum absolute atomic E-state index is 1.23. The van der Waals surface area contributed by atoms with Crippen molar-refractivity contribution in [1.29, 1.82) is 0 Å². The molecule has 0 fully saturated rings. The lowest BCUT2D eigenvalue weighted by molar-refractivity contribution is 1.46. The molecular formula is C17H16. The Kier molecular flexibility index (Phi) is 5.34. The minimum atomic E-state index is 1.23. The lowest BCUT2D eigenvalue weighted by atomic mass is 10.1. The fourth-order valence-corrected chi connectivity index (χ4v) is 1.43. The summed E-state index contributed by atoms with van der Waals surface area (Å²) in [6.45, 7) is 2.10. The molecule has 84 valence electrons. The van der Waals surface area contributed by atoms with Gasteiger partial charge in [0.15, 0.2) is 0 Å². The molecule has 0 unspecified atom stereocenters. The maximum Gasteiger partial charge on any atom is -0.0256 e. The summed E-state index contributed by atoms with van der Waals surface area (Å²) < 4.78 is 0. The van der Waals surface area contributed by atoms with Gasteiger partial charge < -0.3 is 0 Å². The summed E-state index contributed by atoms with van der Waals surface area (Å²) in [6, 6.07) is 18.9. The fraction of sp³-hybridized carbons (Fsp3) is 0.0588. The second-order valence-corrected chi connectivity index (χ2v) is 3.65. The van der Waals surface area contributed by atoms with Crippen molar-refractivity contribution in [2.45, 2.75) is 6.92 Å². The molecule has 0 heterocycles. The molecule has 2 rings (SSSR count). The molecule has 0 bridgehead atoms. The third kappa shape index (κ3) is 4.40. The lowest BCUT2D eigenvalue weighted by Crippen LogP contribution is -1.74. The summed E-state index contributed by atoms with van der Waals surface area (Å²) in [5, 5.41) is 0. The monoisotopic (exact) mass is 220 g/mol. The molecule has 2 aromatic carbocycles. The van der Waals surface area contributed by atoms with Crippen molar-refractivity contribution in [3.8, 4) is 12.8 Å². The third-order valence-electron chi connectivity index (χ3n) is 2.35. The molecular weight excluding hydrogens is 204 g/mol. The van der Waals surface area contributed by atoms with Crippen molar-refractivity contribution in [3.63, 3.8) is 0 Å². The van der Waals surface area contributed by atoms with E-state index in [1.807, 2.05) is 6.07 Å². The van der Waals surface area contributed by atoms with Gasteiger partial charge in [0, 0.05) is 0 Å². The van der Waals surface area contributed by atoms with E-state index in [9.17, 15) is 0 Å². The second kappa shape index (κ2) is 7.09. The first kappa shape index (κ1) is 12.8. The average molecular weight is 220 g/mol. The van der Waals surface area contributed by atoms with E-state index in [0.717, 1.165) is 0 Å². The van der Waals surface area contributed by atoms with Crippen LogP contribution in [-0.4, -0.2) is 0 Å². The van der Waals surface area contributed by atoms with Crippen molar-refractivity contribution in [3.05, 3.63) is 71.3 Å². The maximum atomic E-state index is 4.00. The van der Waals surface area contributed by atoms with Gasteiger partial charge in [0.05, 0.1) is 0 Å². The summed E-state index contributed by atoms with van der Waals surface area (Å²) in [5.41, 5.74) is 3.77. The molecule has 17 heavy (non-hydrogen) atoms. The fourth-order valence-electron chi connectivity index (χ4n) is 1.43. The number of aryl methyl sites for hydroxylation is 1. The van der Waals surface area contributed by atoms with Gasteiger partial charge in [-0.3, -0.25) is 0 Å². The summed E-state index contributed by atoms with van der Waals surface area (Å²) >= 11 is 0. The Morgan fingerprint density at radius 1 is 0.706 bits per heavy atom. The van der Waals surface area contributed by atoms with Crippen LogP contribution in [0.15, 0.2) is 54.6 Å². The van der Waals surface area contributed by atoms with Crippen LogP contribution < -0.4 is 0 Å². The molecule has 0 nitrogen and oxygen atoms in total. The maximum absolute atomic E-state index is 4.00. The molecule has 0 saturated heterocycles. The average Bonchev–Trinajstić information content (AvgIpc) is 2.42. The van der Waals surface area contributed by atoms with Crippen molar-refractivity contribution >= 4 is 12.2 Å². The Morgan fingerprint density at radius 2 is 1.18 bits per heavy atom. The Morgan fingerprint density at radius 3 is 1.71 bits per heavy atom. The van der Waals surface area contributed by atoms with Gasteiger partial charge in [-0.2, -0.15) is 0 Å². The molecule has 0 N–H and O–H groups in total. The van der Waals surface area contributed by atoms with Crippen LogP contribution in [0.4, 0.5) is 0 Å². The van der Waals surface area contributed by atoms with E-state index in [4.69, 9.17) is 0 Å². The van der Waals surface area contributed by atoms with Crippen molar-refractivity contribution in [2.24, 2.45) is 0 Å². The van der Waals surface area contributed by atoms with E-state index in [2.05, 4.69) is 80.5 Å². The van der Waals surface area contributed by atoms with Crippen LogP contribution >= 0.6 is 0 Å². The molecule has 0 radical (unpaired) electrons. The van der Waals surface area contributed by atoms with Gasteiger partial charge in [-0.1, -0.05) is 72.3 Å². The number of terminal acetylenes is 1. The van der Waals surface area contributed by atoms with Crippen LogP contribution in [0.3, 0.4) is 0 Å². The molecule has 0 saturated carbocycles. The quantitative estimate of drug-likeness (QED) is 0.519. The van der Waals surface area contributed by atoms with Crippen LogP contribution in [-0.2, 0) is 0 Å². The zero-order chi connectivity index (χ0) is 12.5. The highest BCUT2D eigenvalue weighted by Gasteiger charge is 1.87. The molecule has 0 aromatic heterocycles. The van der Waals surface area contributed by atoms with Crippen molar-refractivity contribution in [1.82, 2.24) is 0 Å². The Hall–Kier alpha value is -2.26. The number of hydrogen-bond donors (Lipinski definition) is 0. The standard InChI is InChI=1S/C15H14.C2H2/c1-13-7-9-15(10-8-13)12-11-14-5-3-2-4-6-14;1-2/h2-12H,1H3;1-2H/b12-11+;. The van der Waals surface area contributed by atoms with Gasteiger partial charge in [-0.15, -0.1) is 12.8 Å². The van der Waals surface area contributed by atoms with Crippen molar-refractivity contribution < 1.29 is 0 Å². The Bertz CT molecular complexity index is 472. The first-order valence-electron chi connectivity index (χ1n) is 5.48. The van der Waals surface area contributed by atoms with E-state index in [1.54, 1.807) is 0 Å². The number of hydrogen-bond acceptors (Lipinski definition) is 0. The van der Waals surface area contributed by atoms with Crippen molar-refractivity contribution in [2.75, 3.05) is 0 Å². The van der Waals surface area contributed by atoms with Gasteiger partial charge >= 0.3 is 0 Å². The van der Waals surface area contributed by atoms with Crippen LogP contribution in [0, 0.1) is 19.8 Å². The highest BCUT2D eigenvalue weighted by atomic mass is 13.9. The zero-order valence-electron chi connectivity index (χ0n) is 10.0. The summed E-state index contributed by atoms with van der Waals surface area (Å²) in [7, 11) is 0. The SMILES string of the molecule is C#C.Cc1ccc(/C=C/c2ccccc2)cc1. The topological polar surface area (TPSA) is 0 Å². The molecule has 0 atom stereocenters. The lowest BCUT2D eigenvalue weighted by Gasteiger charge is -1.95. The van der Waals surface area contributed by atoms with E-state index in [0.29, 0.717) is 0 Å². The molecule has 0 aliphatic heterocycles. The highest BCUT2D eigenvalue weighted by molar-refractivity contribution is 5.69. The normalized spacial score (nSPS) is 9.59. The summed E-state index contributed by atoms with van der Waals surface area (Å²) in [4.78, 5) is 0. The predicted molar refractivity (Wildman–Crippen MR) is 76.4 cm³/mol. The largest absolute Gasteiger partial charge is 0.124 e. The van der Waals surface area contributed by atoms with E-state index in [-0.39, 0.29) is 0 Å². The van der Waals surface area contributed by atoms with E-state index < -0.39 is 0 Å². The van der Waals surface area contributed by atoms with Crippen LogP contribution in [0.5, 0.6) is 0 Å². The number of benzene rings is 2. The zero-order valence-corrected chi connectivity index (χ0v) is 10.0. The van der Waals surface area contributed by atoms with E-state index in [1.165, 1.54) is 16.7 Å². The molecule has 0 aliphatic rings. The molecule has 0 spiro atoms. The molecule has 2 aromatic rings. The highest BCUT2D eigenvalue weighted by Crippen LogP contribution is 2.08. The first-order chi connectivity index (χ1) is 8.34. The Balaban J connectivity index is 0.000000686. The molecule has 0 heteroatoms. The van der Waals surface area contributed by atoms with Gasteiger partial charge in [0.25, 0.3) is 0 Å². The van der Waals surface area contributed by atoms with Crippen LogP contribution in [0.1, 0.15) is 16.7 Å².